The number of nitrogens with zero attached hydrogens (tertiary/aromatic N) is 1. The van der Waals surface area contributed by atoms with Crippen LogP contribution in [0, 0.1) is 11.8 Å². The summed E-state index contributed by atoms with van der Waals surface area (Å²) in [5.74, 6) is 1.55. The van der Waals surface area contributed by atoms with Crippen molar-refractivity contribution in [2.24, 2.45) is 17.6 Å². The minimum Gasteiger partial charge on any atom is -0.343 e. The van der Waals surface area contributed by atoms with Gasteiger partial charge in [0.1, 0.15) is 0 Å². The molecule has 0 aliphatic heterocycles. The van der Waals surface area contributed by atoms with E-state index in [-0.39, 0.29) is 11.8 Å². The highest BCUT2D eigenvalue weighted by atomic mass is 32.2. The minimum absolute atomic E-state index is 0.0401. The summed E-state index contributed by atoms with van der Waals surface area (Å²) in [4.78, 5) is 14.0. The van der Waals surface area contributed by atoms with Gasteiger partial charge in [-0.25, -0.2) is 0 Å². The average molecular weight is 246 g/mol. The monoisotopic (exact) mass is 246 g/mol. The van der Waals surface area contributed by atoms with Gasteiger partial charge in [-0.3, -0.25) is 4.79 Å². The molecule has 0 radical (unpaired) electrons. The molecular weight excluding hydrogens is 220 g/mol. The maximum atomic E-state index is 12.2. The summed E-state index contributed by atoms with van der Waals surface area (Å²) in [6.45, 7) is 6.64. The van der Waals surface area contributed by atoms with Gasteiger partial charge in [0.05, 0.1) is 5.92 Å². The molecule has 0 spiro atoms. The zero-order valence-corrected chi connectivity index (χ0v) is 12.0. The lowest BCUT2D eigenvalue weighted by Gasteiger charge is -2.30. The van der Waals surface area contributed by atoms with E-state index in [9.17, 15) is 4.79 Å². The number of nitrogens with two attached hydrogens (primary N) is 1. The number of carbonyl (C=O) groups excluding carboxylic acids is 1. The molecule has 2 unspecified atom stereocenters. The van der Waals surface area contributed by atoms with Gasteiger partial charge >= 0.3 is 0 Å². The van der Waals surface area contributed by atoms with Crippen LogP contribution in [0.1, 0.15) is 27.2 Å². The summed E-state index contributed by atoms with van der Waals surface area (Å²) in [6.07, 6.45) is 3.13. The molecule has 0 bridgehead atoms. The van der Waals surface area contributed by atoms with Gasteiger partial charge in [0.2, 0.25) is 5.91 Å². The van der Waals surface area contributed by atoms with Crippen LogP contribution in [0.3, 0.4) is 0 Å². The molecule has 0 saturated heterocycles. The largest absolute Gasteiger partial charge is 0.343 e. The second kappa shape index (κ2) is 7.96. The Morgan fingerprint density at radius 3 is 2.31 bits per heavy atom. The van der Waals surface area contributed by atoms with Crippen molar-refractivity contribution in [3.8, 4) is 0 Å². The molecule has 0 aliphatic rings. The Bertz CT molecular complexity index is 209. The van der Waals surface area contributed by atoms with Crippen LogP contribution in [0.2, 0.25) is 0 Å². The molecule has 96 valence electrons. The fourth-order valence-corrected chi connectivity index (χ4v) is 2.20. The lowest BCUT2D eigenvalue weighted by atomic mass is 9.94. The van der Waals surface area contributed by atoms with Crippen molar-refractivity contribution in [1.82, 2.24) is 4.90 Å². The van der Waals surface area contributed by atoms with Gasteiger partial charge in [-0.2, -0.15) is 11.8 Å². The first-order valence-electron chi connectivity index (χ1n) is 5.91. The second-order valence-electron chi connectivity index (χ2n) is 4.67. The highest BCUT2D eigenvalue weighted by molar-refractivity contribution is 7.98. The molecule has 0 rings (SSSR count). The third kappa shape index (κ3) is 4.74. The van der Waals surface area contributed by atoms with Crippen molar-refractivity contribution in [3.63, 3.8) is 0 Å². The van der Waals surface area contributed by atoms with E-state index in [1.165, 1.54) is 0 Å². The van der Waals surface area contributed by atoms with E-state index in [1.54, 1.807) is 0 Å². The summed E-state index contributed by atoms with van der Waals surface area (Å²) < 4.78 is 0. The van der Waals surface area contributed by atoms with Crippen LogP contribution in [0.25, 0.3) is 0 Å². The minimum atomic E-state index is -0.0401. The van der Waals surface area contributed by atoms with Crippen LogP contribution in [0.15, 0.2) is 0 Å². The Morgan fingerprint density at radius 2 is 1.94 bits per heavy atom. The standard InChI is InChI=1S/C12H26N2OS/c1-9(2)11(8-13)12(15)14(4)10(3)6-7-16-5/h9-11H,6-8,13H2,1-5H3. The van der Waals surface area contributed by atoms with Gasteiger partial charge in [0, 0.05) is 19.6 Å². The summed E-state index contributed by atoms with van der Waals surface area (Å²) in [5.41, 5.74) is 5.66. The first-order valence-corrected chi connectivity index (χ1v) is 7.30. The first-order chi connectivity index (χ1) is 7.45. The lowest BCUT2D eigenvalue weighted by molar-refractivity contribution is -0.137. The average Bonchev–Trinajstić information content (AvgIpc) is 2.24. The van der Waals surface area contributed by atoms with Crippen LogP contribution in [-0.2, 0) is 4.79 Å². The van der Waals surface area contributed by atoms with Gasteiger partial charge in [0.15, 0.2) is 0 Å². The maximum Gasteiger partial charge on any atom is 0.227 e. The van der Waals surface area contributed by atoms with Crippen molar-refractivity contribution in [2.45, 2.75) is 33.2 Å². The molecule has 0 saturated carbocycles. The van der Waals surface area contributed by atoms with Crippen molar-refractivity contribution in [3.05, 3.63) is 0 Å². The maximum absolute atomic E-state index is 12.2. The van der Waals surface area contributed by atoms with E-state index in [4.69, 9.17) is 5.73 Å². The lowest BCUT2D eigenvalue weighted by Crippen LogP contribution is -2.43. The number of carbonyl (C=O) groups is 1. The molecule has 0 fully saturated rings. The number of amides is 1. The van der Waals surface area contributed by atoms with Gasteiger partial charge in [-0.05, 0) is 31.3 Å². The van der Waals surface area contributed by atoms with Gasteiger partial charge < -0.3 is 10.6 Å². The highest BCUT2D eigenvalue weighted by Gasteiger charge is 2.25. The van der Waals surface area contributed by atoms with E-state index in [0.29, 0.717) is 18.5 Å². The van der Waals surface area contributed by atoms with Crippen LogP contribution >= 0.6 is 11.8 Å². The molecule has 1 amide bonds. The molecule has 2 atom stereocenters. The van der Waals surface area contributed by atoms with E-state index in [0.717, 1.165) is 12.2 Å². The van der Waals surface area contributed by atoms with Crippen molar-refractivity contribution < 1.29 is 4.79 Å². The Labute approximate surface area is 104 Å². The Morgan fingerprint density at radius 1 is 1.38 bits per heavy atom. The van der Waals surface area contributed by atoms with Crippen molar-refractivity contribution >= 4 is 17.7 Å². The summed E-state index contributed by atoms with van der Waals surface area (Å²) in [5, 5.41) is 0. The predicted molar refractivity (Wildman–Crippen MR) is 72.6 cm³/mol. The molecule has 0 heterocycles. The SMILES string of the molecule is CSCCC(C)N(C)C(=O)C(CN)C(C)C. The van der Waals surface area contributed by atoms with Crippen LogP contribution in [0.4, 0.5) is 0 Å². The molecule has 4 heteroatoms. The van der Waals surface area contributed by atoms with E-state index in [1.807, 2.05) is 23.7 Å². The zero-order valence-electron chi connectivity index (χ0n) is 11.2. The third-order valence-electron chi connectivity index (χ3n) is 3.12. The first kappa shape index (κ1) is 15.8. The number of thioether (sulfide) groups is 1. The van der Waals surface area contributed by atoms with E-state index >= 15 is 0 Å². The normalized spacial score (nSPS) is 14.9. The molecular formula is C12H26N2OS. The highest BCUT2D eigenvalue weighted by Crippen LogP contribution is 2.15. The smallest absolute Gasteiger partial charge is 0.227 e. The summed E-state index contributed by atoms with van der Waals surface area (Å²) in [7, 11) is 1.89. The van der Waals surface area contributed by atoms with Gasteiger partial charge in [-0.1, -0.05) is 13.8 Å². The Hall–Kier alpha value is -0.220. The van der Waals surface area contributed by atoms with Gasteiger partial charge in [-0.15, -0.1) is 0 Å². The van der Waals surface area contributed by atoms with Crippen molar-refractivity contribution in [1.29, 1.82) is 0 Å². The second-order valence-corrected chi connectivity index (χ2v) is 5.65. The number of hydrogen-bond donors (Lipinski definition) is 1. The molecule has 16 heavy (non-hydrogen) atoms. The Balaban J connectivity index is 4.34. The zero-order chi connectivity index (χ0) is 12.7. The molecule has 0 aromatic rings. The summed E-state index contributed by atoms with van der Waals surface area (Å²) in [6, 6.07) is 0.299. The number of rotatable bonds is 7. The Kier molecular flexibility index (Phi) is 7.85. The van der Waals surface area contributed by atoms with Crippen molar-refractivity contribution in [2.75, 3.05) is 25.6 Å². The third-order valence-corrected chi connectivity index (χ3v) is 3.77. The molecule has 3 nitrogen and oxygen atoms in total. The molecule has 0 aromatic heterocycles. The topological polar surface area (TPSA) is 46.3 Å². The predicted octanol–water partition coefficient (Wildman–Crippen LogP) is 1.82. The summed E-state index contributed by atoms with van der Waals surface area (Å²) >= 11 is 1.82. The number of hydrogen-bond acceptors (Lipinski definition) is 3. The molecule has 2 N–H and O–H groups in total. The van der Waals surface area contributed by atoms with Crippen LogP contribution in [0.5, 0.6) is 0 Å². The molecule has 0 aliphatic carbocycles. The van der Waals surface area contributed by atoms with Crippen LogP contribution < -0.4 is 5.73 Å². The molecule has 0 aromatic carbocycles. The quantitative estimate of drug-likeness (QED) is 0.745. The van der Waals surface area contributed by atoms with E-state index in [2.05, 4.69) is 27.0 Å². The fourth-order valence-electron chi connectivity index (χ4n) is 1.62. The van der Waals surface area contributed by atoms with Gasteiger partial charge in [0.25, 0.3) is 0 Å². The van der Waals surface area contributed by atoms with Crippen LogP contribution in [-0.4, -0.2) is 42.4 Å². The fraction of sp³-hybridized carbons (Fsp3) is 0.917. The van der Waals surface area contributed by atoms with E-state index < -0.39 is 0 Å².